The van der Waals surface area contributed by atoms with Crippen LogP contribution in [-0.4, -0.2) is 9.85 Å². The molecule has 0 heterocycles. The number of nitrogen functional groups attached to an aromatic ring is 2. The molecule has 8 heteroatoms. The van der Waals surface area contributed by atoms with Crippen molar-refractivity contribution in [1.29, 1.82) is 0 Å². The Kier molecular flexibility index (Phi) is 8.36. The van der Waals surface area contributed by atoms with Crippen molar-refractivity contribution in [2.24, 2.45) is 0 Å². The lowest BCUT2D eigenvalue weighted by atomic mass is 10.1. The monoisotopic (exact) mass is 476 g/mol. The molecule has 0 unspecified atom stereocenters. The Morgan fingerprint density at radius 2 is 0.861 bits per heavy atom. The standard InChI is InChI=1S/C14H8N2O4.C14H12N2/c17-15(18)13-8-12(9-14(10-13)16(19)20)7-6-11-4-2-1-3-5-11;15-13-8-12(9-14(16)10-13)7-6-11-4-2-1-3-5-11/h1-5,8-10H;1-5,8-10H,15-16H2. The smallest absolute Gasteiger partial charge is 0.277 e. The number of benzene rings is 4. The molecule has 0 spiro atoms. The van der Waals surface area contributed by atoms with Crippen LogP contribution in [0.15, 0.2) is 97.1 Å². The van der Waals surface area contributed by atoms with Crippen molar-refractivity contribution in [2.75, 3.05) is 11.5 Å². The van der Waals surface area contributed by atoms with E-state index in [1.807, 2.05) is 48.5 Å². The quantitative estimate of drug-likeness (QED) is 0.177. The normalized spacial score (nSPS) is 9.33. The molecule has 0 aliphatic heterocycles. The third-order valence-corrected chi connectivity index (χ3v) is 4.55. The van der Waals surface area contributed by atoms with E-state index in [0.29, 0.717) is 11.4 Å². The van der Waals surface area contributed by atoms with Crippen molar-refractivity contribution in [3.63, 3.8) is 0 Å². The van der Waals surface area contributed by atoms with Gasteiger partial charge in [0.25, 0.3) is 11.4 Å². The number of hydrogen-bond donors (Lipinski definition) is 2. The summed E-state index contributed by atoms with van der Waals surface area (Å²) >= 11 is 0. The molecule has 0 fully saturated rings. The second kappa shape index (κ2) is 12.0. The molecule has 176 valence electrons. The SMILES string of the molecule is Nc1cc(N)cc(C#Cc2ccccc2)c1.O=[N+]([O-])c1cc(C#Cc2ccccc2)cc([N+](=O)[O-])c1. The summed E-state index contributed by atoms with van der Waals surface area (Å²) in [5.41, 5.74) is 14.7. The predicted octanol–water partition coefficient (Wildman–Crippen LogP) is 5.15. The van der Waals surface area contributed by atoms with Gasteiger partial charge in [0.1, 0.15) is 0 Å². The molecule has 8 nitrogen and oxygen atoms in total. The molecule has 0 saturated heterocycles. The third kappa shape index (κ3) is 7.77. The first kappa shape index (κ1) is 25.0. The average molecular weight is 476 g/mol. The first-order valence-electron chi connectivity index (χ1n) is 10.5. The highest BCUT2D eigenvalue weighted by Gasteiger charge is 2.15. The molecule has 0 radical (unpaired) electrons. The van der Waals surface area contributed by atoms with E-state index in [1.165, 1.54) is 12.1 Å². The van der Waals surface area contributed by atoms with Gasteiger partial charge in [-0.1, -0.05) is 60.1 Å². The maximum Gasteiger partial charge on any atom is 0.277 e. The van der Waals surface area contributed by atoms with Gasteiger partial charge in [-0.25, -0.2) is 0 Å². The molecule has 0 atom stereocenters. The van der Waals surface area contributed by atoms with E-state index in [2.05, 4.69) is 23.7 Å². The van der Waals surface area contributed by atoms with Crippen molar-refractivity contribution in [2.45, 2.75) is 0 Å². The van der Waals surface area contributed by atoms with Crippen LogP contribution in [-0.2, 0) is 0 Å². The number of nitro benzene ring substituents is 2. The van der Waals surface area contributed by atoms with Crippen LogP contribution >= 0.6 is 0 Å². The number of anilines is 2. The molecule has 4 N–H and O–H groups in total. The number of nitrogens with two attached hydrogens (primary N) is 2. The van der Waals surface area contributed by atoms with E-state index in [-0.39, 0.29) is 16.9 Å². The van der Waals surface area contributed by atoms with E-state index in [0.717, 1.165) is 22.8 Å². The van der Waals surface area contributed by atoms with Gasteiger partial charge in [0, 0.05) is 45.8 Å². The Morgan fingerprint density at radius 1 is 0.500 bits per heavy atom. The molecule has 0 aromatic heterocycles. The molecule has 36 heavy (non-hydrogen) atoms. The van der Waals surface area contributed by atoms with Crippen LogP contribution in [0.2, 0.25) is 0 Å². The molecule has 4 aromatic carbocycles. The van der Waals surface area contributed by atoms with Crippen LogP contribution in [0.4, 0.5) is 22.7 Å². The molecule has 0 saturated carbocycles. The Morgan fingerprint density at radius 3 is 1.25 bits per heavy atom. The van der Waals surface area contributed by atoms with Gasteiger partial charge in [-0.05, 0) is 42.5 Å². The highest BCUT2D eigenvalue weighted by Crippen LogP contribution is 2.22. The minimum absolute atomic E-state index is 0.231. The molecular weight excluding hydrogens is 456 g/mol. The molecular formula is C28H20N4O4. The van der Waals surface area contributed by atoms with Gasteiger partial charge >= 0.3 is 0 Å². The first-order chi connectivity index (χ1) is 17.3. The highest BCUT2D eigenvalue weighted by atomic mass is 16.6. The summed E-state index contributed by atoms with van der Waals surface area (Å²) in [4.78, 5) is 20.1. The number of hydrogen-bond acceptors (Lipinski definition) is 6. The molecule has 0 amide bonds. The predicted molar refractivity (Wildman–Crippen MR) is 140 cm³/mol. The second-order valence-corrected chi connectivity index (χ2v) is 7.37. The van der Waals surface area contributed by atoms with E-state index >= 15 is 0 Å². The fourth-order valence-electron chi connectivity index (χ4n) is 2.96. The zero-order valence-electron chi connectivity index (χ0n) is 18.9. The van der Waals surface area contributed by atoms with Crippen molar-refractivity contribution in [3.8, 4) is 23.7 Å². The highest BCUT2D eigenvalue weighted by molar-refractivity contribution is 5.59. The lowest BCUT2D eigenvalue weighted by molar-refractivity contribution is -0.394. The van der Waals surface area contributed by atoms with Crippen LogP contribution in [0.1, 0.15) is 22.3 Å². The van der Waals surface area contributed by atoms with E-state index < -0.39 is 9.85 Å². The topological polar surface area (TPSA) is 138 Å². The Hall–Kier alpha value is -5.60. The lowest BCUT2D eigenvalue weighted by Gasteiger charge is -1.97. The molecule has 0 bridgehead atoms. The summed E-state index contributed by atoms with van der Waals surface area (Å²) in [5.74, 6) is 11.6. The maximum absolute atomic E-state index is 10.7. The lowest BCUT2D eigenvalue weighted by Crippen LogP contribution is -1.93. The van der Waals surface area contributed by atoms with Gasteiger partial charge in [-0.2, -0.15) is 0 Å². The summed E-state index contributed by atoms with van der Waals surface area (Å²) in [6, 6.07) is 27.5. The Bertz CT molecular complexity index is 1460. The van der Waals surface area contributed by atoms with Gasteiger partial charge in [-0.3, -0.25) is 20.2 Å². The summed E-state index contributed by atoms with van der Waals surface area (Å²) in [6.45, 7) is 0. The Labute approximate surface area is 207 Å². The number of nitro groups is 2. The number of rotatable bonds is 2. The third-order valence-electron chi connectivity index (χ3n) is 4.55. The van der Waals surface area contributed by atoms with E-state index in [4.69, 9.17) is 11.5 Å². The second-order valence-electron chi connectivity index (χ2n) is 7.37. The maximum atomic E-state index is 10.7. The fraction of sp³-hybridized carbons (Fsp3) is 0. The molecule has 4 aromatic rings. The molecule has 4 rings (SSSR count). The van der Waals surface area contributed by atoms with Gasteiger partial charge < -0.3 is 11.5 Å². The number of non-ortho nitro benzene ring substituents is 2. The zero-order chi connectivity index (χ0) is 25.9. The van der Waals surface area contributed by atoms with Gasteiger partial charge in [-0.15, -0.1) is 0 Å². The van der Waals surface area contributed by atoms with Gasteiger partial charge in [0.15, 0.2) is 0 Å². The van der Waals surface area contributed by atoms with Crippen LogP contribution in [0.5, 0.6) is 0 Å². The molecule has 0 aliphatic carbocycles. The summed E-state index contributed by atoms with van der Waals surface area (Å²) in [6.07, 6.45) is 0. The minimum Gasteiger partial charge on any atom is -0.399 e. The van der Waals surface area contributed by atoms with Crippen molar-refractivity contribution in [1.82, 2.24) is 0 Å². The van der Waals surface area contributed by atoms with Gasteiger partial charge in [0.2, 0.25) is 0 Å². The fourth-order valence-corrected chi connectivity index (χ4v) is 2.96. The summed E-state index contributed by atoms with van der Waals surface area (Å²) in [7, 11) is 0. The summed E-state index contributed by atoms with van der Waals surface area (Å²) < 4.78 is 0. The Balaban J connectivity index is 0.000000205. The van der Waals surface area contributed by atoms with Crippen LogP contribution in [0, 0.1) is 43.9 Å². The van der Waals surface area contributed by atoms with Crippen LogP contribution in [0.3, 0.4) is 0 Å². The minimum atomic E-state index is -0.680. The summed E-state index contributed by atoms with van der Waals surface area (Å²) in [5, 5.41) is 21.5. The average Bonchev–Trinajstić information content (AvgIpc) is 2.87. The zero-order valence-corrected chi connectivity index (χ0v) is 18.9. The van der Waals surface area contributed by atoms with Crippen molar-refractivity contribution < 1.29 is 9.85 Å². The van der Waals surface area contributed by atoms with Crippen molar-refractivity contribution in [3.05, 3.63) is 140 Å². The largest absolute Gasteiger partial charge is 0.399 e. The van der Waals surface area contributed by atoms with Crippen LogP contribution < -0.4 is 11.5 Å². The van der Waals surface area contributed by atoms with Gasteiger partial charge in [0.05, 0.1) is 15.9 Å². The number of nitrogens with zero attached hydrogens (tertiary/aromatic N) is 2. The molecule has 0 aliphatic rings. The van der Waals surface area contributed by atoms with E-state index in [1.54, 1.807) is 30.3 Å². The van der Waals surface area contributed by atoms with E-state index in [9.17, 15) is 20.2 Å². The first-order valence-corrected chi connectivity index (χ1v) is 10.5. The van der Waals surface area contributed by atoms with Crippen molar-refractivity contribution >= 4 is 22.7 Å². The van der Waals surface area contributed by atoms with Crippen LogP contribution in [0.25, 0.3) is 0 Å².